The van der Waals surface area contributed by atoms with Gasteiger partial charge in [0.15, 0.2) is 5.78 Å². The molecule has 1 aliphatic heterocycles. The highest BCUT2D eigenvalue weighted by Crippen LogP contribution is 2.33. The predicted octanol–water partition coefficient (Wildman–Crippen LogP) is 1.66. The molecule has 1 N–H and O–H groups in total. The zero-order valence-electron chi connectivity index (χ0n) is 13.7. The van der Waals surface area contributed by atoms with E-state index in [2.05, 4.69) is 0 Å². The van der Waals surface area contributed by atoms with Crippen LogP contribution in [-0.4, -0.2) is 54.6 Å². The molecule has 1 heterocycles. The van der Waals surface area contributed by atoms with Crippen molar-refractivity contribution in [2.75, 3.05) is 32.9 Å². The molecule has 128 valence electrons. The van der Waals surface area contributed by atoms with E-state index in [0.717, 1.165) is 11.1 Å². The van der Waals surface area contributed by atoms with E-state index in [9.17, 15) is 14.7 Å². The zero-order chi connectivity index (χ0) is 16.9. The van der Waals surface area contributed by atoms with Gasteiger partial charge in [0.1, 0.15) is 0 Å². The monoisotopic (exact) mass is 329 g/mol. The van der Waals surface area contributed by atoms with Crippen molar-refractivity contribution in [2.24, 2.45) is 5.92 Å². The van der Waals surface area contributed by atoms with Gasteiger partial charge >= 0.3 is 0 Å². The first-order valence-corrected chi connectivity index (χ1v) is 8.46. The number of ether oxygens (including phenoxy) is 1. The van der Waals surface area contributed by atoms with Crippen LogP contribution in [0.1, 0.15) is 24.8 Å². The van der Waals surface area contributed by atoms with Gasteiger partial charge in [-0.15, -0.1) is 0 Å². The number of carbonyl (C=O) groups excluding carboxylic acids is 2. The Bertz CT molecular complexity index is 638. The molecule has 1 unspecified atom stereocenters. The summed E-state index contributed by atoms with van der Waals surface area (Å²) in [4.78, 5) is 26.7. The molecule has 1 aromatic rings. The van der Waals surface area contributed by atoms with Crippen LogP contribution in [0.4, 0.5) is 0 Å². The average Bonchev–Trinajstić information content (AvgIpc) is 2.83. The fourth-order valence-electron chi connectivity index (χ4n) is 3.35. The molecule has 5 nitrogen and oxygen atoms in total. The number of rotatable bonds is 4. The quantitative estimate of drug-likeness (QED) is 0.912. The highest BCUT2D eigenvalue weighted by atomic mass is 16.5. The topological polar surface area (TPSA) is 66.8 Å². The van der Waals surface area contributed by atoms with E-state index in [1.54, 1.807) is 4.90 Å². The number of ketones is 1. The third-order valence-electron chi connectivity index (χ3n) is 4.70. The Hall–Kier alpha value is -1.98. The maximum atomic E-state index is 12.7. The van der Waals surface area contributed by atoms with Crippen molar-refractivity contribution in [3.05, 3.63) is 41.5 Å². The van der Waals surface area contributed by atoms with Crippen LogP contribution < -0.4 is 0 Å². The Labute approximate surface area is 141 Å². The Balaban J connectivity index is 1.77. The standard InChI is InChI=1S/C19H23NO4/c21-12-14-11-20(8-9-24-13-14)19(23)10-17-16(6-7-18(17)22)15-4-2-1-3-5-15/h1-5,14,21H,6-13H2. The number of hydrogen-bond donors (Lipinski definition) is 1. The van der Waals surface area contributed by atoms with Crippen LogP contribution in [-0.2, 0) is 14.3 Å². The summed E-state index contributed by atoms with van der Waals surface area (Å²) >= 11 is 0. The number of benzene rings is 1. The zero-order valence-corrected chi connectivity index (χ0v) is 13.7. The molecule has 1 atom stereocenters. The number of aliphatic hydroxyl groups excluding tert-OH is 1. The van der Waals surface area contributed by atoms with E-state index in [0.29, 0.717) is 44.7 Å². The van der Waals surface area contributed by atoms with E-state index in [1.165, 1.54) is 0 Å². The van der Waals surface area contributed by atoms with Gasteiger partial charge in [0, 0.05) is 37.6 Å². The summed E-state index contributed by atoms with van der Waals surface area (Å²) in [5.41, 5.74) is 2.68. The number of nitrogens with zero attached hydrogens (tertiary/aromatic N) is 1. The summed E-state index contributed by atoms with van der Waals surface area (Å²) in [5.74, 6) is -0.0390. The highest BCUT2D eigenvalue weighted by molar-refractivity contribution is 6.10. The third kappa shape index (κ3) is 3.74. The van der Waals surface area contributed by atoms with Gasteiger partial charge in [-0.1, -0.05) is 30.3 Å². The lowest BCUT2D eigenvalue weighted by atomic mass is 9.99. The van der Waals surface area contributed by atoms with E-state index < -0.39 is 0 Å². The van der Waals surface area contributed by atoms with Gasteiger partial charge in [0.2, 0.25) is 5.91 Å². The van der Waals surface area contributed by atoms with Gasteiger partial charge < -0.3 is 14.7 Å². The summed E-state index contributed by atoms with van der Waals surface area (Å²) in [6.45, 7) is 1.94. The van der Waals surface area contributed by atoms with Crippen LogP contribution in [0.15, 0.2) is 35.9 Å². The number of amides is 1. The molecule has 0 aromatic heterocycles. The minimum Gasteiger partial charge on any atom is -0.396 e. The molecule has 3 rings (SSSR count). The second-order valence-electron chi connectivity index (χ2n) is 6.39. The molecule has 0 spiro atoms. The largest absolute Gasteiger partial charge is 0.396 e. The van der Waals surface area contributed by atoms with Gasteiger partial charge in [-0.3, -0.25) is 9.59 Å². The molecular weight excluding hydrogens is 306 g/mol. The summed E-state index contributed by atoms with van der Waals surface area (Å²) in [6.07, 6.45) is 1.32. The molecule has 1 aliphatic carbocycles. The van der Waals surface area contributed by atoms with Crippen molar-refractivity contribution in [3.8, 4) is 0 Å². The Morgan fingerprint density at radius 3 is 2.79 bits per heavy atom. The molecule has 0 bridgehead atoms. The van der Waals surface area contributed by atoms with Gasteiger partial charge in [-0.25, -0.2) is 0 Å². The van der Waals surface area contributed by atoms with E-state index in [4.69, 9.17) is 4.74 Å². The lowest BCUT2D eigenvalue weighted by Gasteiger charge is -2.23. The van der Waals surface area contributed by atoms with Gasteiger partial charge in [-0.05, 0) is 17.6 Å². The summed E-state index contributed by atoms with van der Waals surface area (Å²) in [5, 5.41) is 9.35. The van der Waals surface area contributed by atoms with Crippen molar-refractivity contribution in [2.45, 2.75) is 19.3 Å². The lowest BCUT2D eigenvalue weighted by Crippen LogP contribution is -2.37. The molecule has 1 amide bonds. The fourth-order valence-corrected chi connectivity index (χ4v) is 3.35. The number of hydrogen-bond acceptors (Lipinski definition) is 4. The predicted molar refractivity (Wildman–Crippen MR) is 90.2 cm³/mol. The van der Waals surface area contributed by atoms with Gasteiger partial charge in [0.25, 0.3) is 0 Å². The molecule has 24 heavy (non-hydrogen) atoms. The van der Waals surface area contributed by atoms with Gasteiger partial charge in [-0.2, -0.15) is 0 Å². The molecule has 1 aromatic carbocycles. The molecule has 2 aliphatic rings. The van der Waals surface area contributed by atoms with Crippen LogP contribution in [0.25, 0.3) is 5.57 Å². The maximum absolute atomic E-state index is 12.7. The minimum absolute atomic E-state index is 0.000667. The third-order valence-corrected chi connectivity index (χ3v) is 4.70. The SMILES string of the molecule is O=C1CCC(c2ccccc2)=C1CC(=O)N1CCOCC(CO)C1. The summed E-state index contributed by atoms with van der Waals surface area (Å²) < 4.78 is 5.43. The Morgan fingerprint density at radius 1 is 1.25 bits per heavy atom. The highest BCUT2D eigenvalue weighted by Gasteiger charge is 2.29. The van der Waals surface area contributed by atoms with Crippen LogP contribution in [0.3, 0.4) is 0 Å². The Kier molecular flexibility index (Phi) is 5.43. The molecule has 0 radical (unpaired) electrons. The van der Waals surface area contributed by atoms with Crippen molar-refractivity contribution in [1.82, 2.24) is 4.90 Å². The second-order valence-corrected chi connectivity index (χ2v) is 6.39. The fraction of sp³-hybridized carbons (Fsp3) is 0.474. The number of allylic oxidation sites excluding steroid dienone is 1. The van der Waals surface area contributed by atoms with Crippen LogP contribution in [0, 0.1) is 5.92 Å². The molecule has 5 heteroatoms. The normalized spacial score (nSPS) is 22.0. The first-order chi connectivity index (χ1) is 11.7. The molecular formula is C19H23NO4. The molecule has 1 fully saturated rings. The van der Waals surface area contributed by atoms with Crippen LogP contribution in [0.5, 0.6) is 0 Å². The lowest BCUT2D eigenvalue weighted by molar-refractivity contribution is -0.131. The van der Waals surface area contributed by atoms with Crippen molar-refractivity contribution in [3.63, 3.8) is 0 Å². The van der Waals surface area contributed by atoms with E-state index in [-0.39, 0.29) is 30.6 Å². The first-order valence-electron chi connectivity index (χ1n) is 8.46. The average molecular weight is 329 g/mol. The number of aliphatic hydroxyl groups is 1. The molecule has 1 saturated heterocycles. The molecule has 0 saturated carbocycles. The van der Waals surface area contributed by atoms with Crippen molar-refractivity contribution >= 4 is 17.3 Å². The summed E-state index contributed by atoms with van der Waals surface area (Å²) in [7, 11) is 0. The maximum Gasteiger partial charge on any atom is 0.227 e. The Morgan fingerprint density at radius 2 is 2.04 bits per heavy atom. The van der Waals surface area contributed by atoms with Crippen LogP contribution in [0.2, 0.25) is 0 Å². The van der Waals surface area contributed by atoms with E-state index in [1.807, 2.05) is 30.3 Å². The van der Waals surface area contributed by atoms with Gasteiger partial charge in [0.05, 0.1) is 19.6 Å². The van der Waals surface area contributed by atoms with Crippen molar-refractivity contribution in [1.29, 1.82) is 0 Å². The second kappa shape index (κ2) is 7.73. The van der Waals surface area contributed by atoms with Crippen molar-refractivity contribution < 1.29 is 19.4 Å². The van der Waals surface area contributed by atoms with Crippen LogP contribution >= 0.6 is 0 Å². The number of carbonyl (C=O) groups is 2. The summed E-state index contributed by atoms with van der Waals surface area (Å²) in [6, 6.07) is 9.81. The minimum atomic E-state index is -0.0577. The number of Topliss-reactive ketones (excluding diaryl/α,β-unsaturated/α-hetero) is 1. The van der Waals surface area contributed by atoms with E-state index >= 15 is 0 Å². The smallest absolute Gasteiger partial charge is 0.227 e. The first kappa shape index (κ1) is 16.9.